The van der Waals surface area contributed by atoms with Gasteiger partial charge in [0.25, 0.3) is 0 Å². The molecule has 1 fully saturated rings. The van der Waals surface area contributed by atoms with Gasteiger partial charge < -0.3 is 20.4 Å². The van der Waals surface area contributed by atoms with E-state index in [-0.39, 0.29) is 23.0 Å². The second-order valence-electron chi connectivity index (χ2n) is 9.66. The minimum atomic E-state index is -0.896. The first-order chi connectivity index (χ1) is 15.8. The highest BCUT2D eigenvalue weighted by molar-refractivity contribution is 5.59. The number of rotatable bonds is 6. The van der Waals surface area contributed by atoms with Gasteiger partial charge in [0.1, 0.15) is 23.0 Å². The van der Waals surface area contributed by atoms with E-state index in [2.05, 4.69) is 31.2 Å². The third-order valence-electron chi connectivity index (χ3n) is 7.54. The molecule has 0 heterocycles. The Bertz CT molecular complexity index is 1040. The first-order valence-electron chi connectivity index (χ1n) is 12.0. The highest BCUT2D eigenvalue weighted by Crippen LogP contribution is 2.47. The second-order valence-corrected chi connectivity index (χ2v) is 9.66. The van der Waals surface area contributed by atoms with Gasteiger partial charge in [-0.25, -0.2) is 0 Å². The average molecular weight is 447 g/mol. The standard InChI is InChI=1S/C29H34O4/c1-3-4-19-5-7-20(8-6-19)21-9-11-22(12-10-21)29(2,25-15-13-23(30)17-27(25)32)26-16-14-24(31)18-28(26)33/h9-20,30-33H,3-8H2,1-2H3. The summed E-state index contributed by atoms with van der Waals surface area (Å²) in [4.78, 5) is 0. The fourth-order valence-electron chi connectivity index (χ4n) is 5.62. The topological polar surface area (TPSA) is 80.9 Å². The van der Waals surface area contributed by atoms with Crippen LogP contribution in [0.1, 0.15) is 80.5 Å². The van der Waals surface area contributed by atoms with Crippen molar-refractivity contribution in [3.8, 4) is 23.0 Å². The molecule has 3 aromatic carbocycles. The molecule has 4 heteroatoms. The molecule has 1 aliphatic carbocycles. The molecule has 1 saturated carbocycles. The maximum Gasteiger partial charge on any atom is 0.123 e. The van der Waals surface area contributed by atoms with Crippen molar-refractivity contribution < 1.29 is 20.4 Å². The lowest BCUT2D eigenvalue weighted by molar-refractivity contribution is 0.308. The Morgan fingerprint density at radius 3 is 1.70 bits per heavy atom. The first kappa shape index (κ1) is 23.0. The van der Waals surface area contributed by atoms with E-state index in [4.69, 9.17) is 0 Å². The van der Waals surface area contributed by atoms with E-state index in [1.165, 1.54) is 68.4 Å². The largest absolute Gasteiger partial charge is 0.508 e. The van der Waals surface area contributed by atoms with E-state index >= 15 is 0 Å². The van der Waals surface area contributed by atoms with Crippen molar-refractivity contribution in [3.05, 3.63) is 82.9 Å². The summed E-state index contributed by atoms with van der Waals surface area (Å²) in [5.74, 6) is 1.28. The third kappa shape index (κ3) is 4.52. The number of phenolic OH excluding ortho intramolecular Hbond substituents is 4. The Hall–Kier alpha value is -3.14. The van der Waals surface area contributed by atoms with E-state index < -0.39 is 5.41 Å². The van der Waals surface area contributed by atoms with Crippen molar-refractivity contribution >= 4 is 0 Å². The number of hydrogen-bond acceptors (Lipinski definition) is 4. The van der Waals surface area contributed by atoms with Crippen molar-refractivity contribution in [1.82, 2.24) is 0 Å². The molecule has 4 nitrogen and oxygen atoms in total. The van der Waals surface area contributed by atoms with Gasteiger partial charge in [-0.3, -0.25) is 0 Å². The van der Waals surface area contributed by atoms with Crippen LogP contribution in [0.15, 0.2) is 60.7 Å². The molecule has 0 amide bonds. The van der Waals surface area contributed by atoms with Crippen molar-refractivity contribution in [3.63, 3.8) is 0 Å². The van der Waals surface area contributed by atoms with Crippen LogP contribution in [-0.2, 0) is 5.41 Å². The van der Waals surface area contributed by atoms with Gasteiger partial charge in [-0.05, 0) is 67.7 Å². The van der Waals surface area contributed by atoms with Crippen molar-refractivity contribution in [2.75, 3.05) is 0 Å². The second kappa shape index (κ2) is 9.38. The molecule has 0 atom stereocenters. The van der Waals surface area contributed by atoms with Gasteiger partial charge in [0.05, 0.1) is 0 Å². The van der Waals surface area contributed by atoms with Gasteiger partial charge in [-0.2, -0.15) is 0 Å². The summed E-state index contributed by atoms with van der Waals surface area (Å²) >= 11 is 0. The highest BCUT2D eigenvalue weighted by Gasteiger charge is 2.36. The Morgan fingerprint density at radius 1 is 0.727 bits per heavy atom. The maximum atomic E-state index is 10.7. The van der Waals surface area contributed by atoms with Gasteiger partial charge in [0.2, 0.25) is 0 Å². The van der Waals surface area contributed by atoms with Crippen LogP contribution in [0.3, 0.4) is 0 Å². The van der Waals surface area contributed by atoms with E-state index in [1.54, 1.807) is 12.1 Å². The number of phenols is 4. The smallest absolute Gasteiger partial charge is 0.123 e. The van der Waals surface area contributed by atoms with Crippen molar-refractivity contribution in [2.24, 2.45) is 5.92 Å². The molecule has 33 heavy (non-hydrogen) atoms. The maximum absolute atomic E-state index is 10.7. The molecule has 4 N–H and O–H groups in total. The van der Waals surface area contributed by atoms with Crippen LogP contribution in [0.4, 0.5) is 0 Å². The van der Waals surface area contributed by atoms with E-state index in [0.29, 0.717) is 17.0 Å². The van der Waals surface area contributed by atoms with E-state index in [9.17, 15) is 20.4 Å². The van der Waals surface area contributed by atoms with Crippen LogP contribution in [0.5, 0.6) is 23.0 Å². The summed E-state index contributed by atoms with van der Waals surface area (Å²) in [6.45, 7) is 4.20. The molecular weight excluding hydrogens is 412 g/mol. The molecule has 0 saturated heterocycles. The zero-order valence-electron chi connectivity index (χ0n) is 19.5. The van der Waals surface area contributed by atoms with Gasteiger partial charge in [0, 0.05) is 28.7 Å². The molecule has 0 bridgehead atoms. The monoisotopic (exact) mass is 446 g/mol. The fraction of sp³-hybridized carbons (Fsp3) is 0.379. The normalized spacial score (nSPS) is 18.8. The summed E-state index contributed by atoms with van der Waals surface area (Å²) in [6, 6.07) is 17.6. The molecule has 0 radical (unpaired) electrons. The Morgan fingerprint density at radius 2 is 1.24 bits per heavy atom. The molecule has 4 rings (SSSR count). The summed E-state index contributed by atoms with van der Waals surface area (Å²) in [7, 11) is 0. The Labute approximate surface area is 196 Å². The lowest BCUT2D eigenvalue weighted by atomic mass is 9.69. The minimum Gasteiger partial charge on any atom is -0.508 e. The van der Waals surface area contributed by atoms with Crippen LogP contribution in [0, 0.1) is 5.92 Å². The molecular formula is C29H34O4. The zero-order chi connectivity index (χ0) is 23.6. The van der Waals surface area contributed by atoms with E-state index in [1.807, 2.05) is 6.92 Å². The van der Waals surface area contributed by atoms with Crippen LogP contribution < -0.4 is 0 Å². The lowest BCUT2D eigenvalue weighted by Crippen LogP contribution is -2.26. The molecule has 174 valence electrons. The quantitative estimate of drug-likeness (QED) is 0.309. The predicted molar refractivity (Wildman–Crippen MR) is 131 cm³/mol. The van der Waals surface area contributed by atoms with Crippen LogP contribution in [-0.4, -0.2) is 20.4 Å². The average Bonchev–Trinajstić information content (AvgIpc) is 2.79. The molecule has 0 unspecified atom stereocenters. The Kier molecular flexibility index (Phi) is 6.55. The molecule has 3 aromatic rings. The van der Waals surface area contributed by atoms with Crippen LogP contribution in [0.2, 0.25) is 0 Å². The zero-order valence-corrected chi connectivity index (χ0v) is 19.5. The number of benzene rings is 3. The van der Waals surface area contributed by atoms with Gasteiger partial charge in [0.15, 0.2) is 0 Å². The highest BCUT2D eigenvalue weighted by atomic mass is 16.3. The molecule has 0 spiro atoms. The van der Waals surface area contributed by atoms with Gasteiger partial charge in [-0.15, -0.1) is 0 Å². The summed E-state index contributed by atoms with van der Waals surface area (Å²) in [5, 5.41) is 41.1. The van der Waals surface area contributed by atoms with Gasteiger partial charge >= 0.3 is 0 Å². The first-order valence-corrected chi connectivity index (χ1v) is 12.0. The molecule has 0 aliphatic heterocycles. The van der Waals surface area contributed by atoms with Crippen LogP contribution >= 0.6 is 0 Å². The third-order valence-corrected chi connectivity index (χ3v) is 7.54. The predicted octanol–water partition coefficient (Wildman–Crippen LogP) is 6.94. The van der Waals surface area contributed by atoms with E-state index in [0.717, 1.165) is 11.5 Å². The number of aromatic hydroxyl groups is 4. The summed E-state index contributed by atoms with van der Waals surface area (Å²) < 4.78 is 0. The molecule has 0 aromatic heterocycles. The minimum absolute atomic E-state index is 0.0254. The summed E-state index contributed by atoms with van der Waals surface area (Å²) in [5.41, 5.74) is 2.48. The lowest BCUT2D eigenvalue weighted by Gasteiger charge is -2.34. The molecule has 1 aliphatic rings. The Balaban J connectivity index is 1.72. The van der Waals surface area contributed by atoms with Crippen molar-refractivity contribution in [1.29, 1.82) is 0 Å². The van der Waals surface area contributed by atoms with Crippen LogP contribution in [0.25, 0.3) is 0 Å². The van der Waals surface area contributed by atoms with Gasteiger partial charge in [-0.1, -0.05) is 56.2 Å². The number of hydrogen-bond donors (Lipinski definition) is 4. The summed E-state index contributed by atoms with van der Waals surface area (Å²) in [6.07, 6.45) is 7.62. The van der Waals surface area contributed by atoms with Crippen molar-refractivity contribution in [2.45, 2.75) is 63.7 Å². The SMILES string of the molecule is CCCC1CCC(c2ccc(C(C)(c3ccc(O)cc3O)c3ccc(O)cc3O)cc2)CC1. The fourth-order valence-corrected chi connectivity index (χ4v) is 5.62.